The van der Waals surface area contributed by atoms with Gasteiger partial charge in [0.15, 0.2) is 6.61 Å². The van der Waals surface area contributed by atoms with Gasteiger partial charge in [-0.25, -0.2) is 8.78 Å². The molecular weight excluding hydrogens is 534 g/mol. The standard InChI is InChI=1S/C30H36F2N4O5/c1-19(2)25-16-35(28(38)18-41-22-10-8-21(31)9-11-22)17-27(37)33-13-3-5-20-7-12-24(32)23(15-20)30(40)36-14-4-6-26(36)29(39)34-25/h7-12,15,19,25-26H,3-6,13-14,16-18H2,1-2H3,(H,33,37)(H,34,39)/t25-,26-/m0/s1. The fraction of sp³-hybridized carbons (Fsp3) is 0.467. The number of halogens is 2. The maximum atomic E-state index is 14.7. The normalized spacial score (nSPS) is 20.8. The largest absolute Gasteiger partial charge is 0.484 e. The van der Waals surface area contributed by atoms with Crippen molar-refractivity contribution < 1.29 is 32.7 Å². The second kappa shape index (κ2) is 13.6. The number of aryl methyl sites for hydroxylation is 1. The van der Waals surface area contributed by atoms with Crippen LogP contribution < -0.4 is 15.4 Å². The van der Waals surface area contributed by atoms with Gasteiger partial charge in [0.25, 0.3) is 11.8 Å². The third kappa shape index (κ3) is 7.80. The molecule has 0 aliphatic carbocycles. The summed E-state index contributed by atoms with van der Waals surface area (Å²) in [7, 11) is 0. The highest BCUT2D eigenvalue weighted by Crippen LogP contribution is 2.23. The number of amides is 4. The van der Waals surface area contributed by atoms with Gasteiger partial charge < -0.3 is 25.2 Å². The van der Waals surface area contributed by atoms with Gasteiger partial charge in [-0.2, -0.15) is 0 Å². The Morgan fingerprint density at radius 2 is 1.83 bits per heavy atom. The van der Waals surface area contributed by atoms with E-state index < -0.39 is 41.4 Å². The predicted octanol–water partition coefficient (Wildman–Crippen LogP) is 2.68. The molecule has 2 atom stereocenters. The Balaban J connectivity index is 1.57. The molecule has 2 aromatic rings. The molecule has 4 rings (SSSR count). The molecule has 4 amide bonds. The van der Waals surface area contributed by atoms with Crippen molar-refractivity contribution in [3.8, 4) is 5.75 Å². The molecule has 11 heteroatoms. The lowest BCUT2D eigenvalue weighted by Gasteiger charge is -2.32. The van der Waals surface area contributed by atoms with Gasteiger partial charge in [0, 0.05) is 25.7 Å². The third-order valence-electron chi connectivity index (χ3n) is 7.45. The highest BCUT2D eigenvalue weighted by molar-refractivity contribution is 5.98. The summed E-state index contributed by atoms with van der Waals surface area (Å²) in [4.78, 5) is 55.6. The lowest BCUT2D eigenvalue weighted by molar-refractivity contribution is -0.138. The van der Waals surface area contributed by atoms with Crippen molar-refractivity contribution in [2.75, 3.05) is 32.8 Å². The first-order valence-electron chi connectivity index (χ1n) is 13.9. The van der Waals surface area contributed by atoms with Crippen LogP contribution in [-0.4, -0.2) is 78.3 Å². The first-order chi connectivity index (χ1) is 19.6. The molecule has 0 saturated carbocycles. The molecule has 0 unspecified atom stereocenters. The number of carbonyl (C=O) groups is 4. The number of benzene rings is 2. The molecule has 2 aliphatic rings. The van der Waals surface area contributed by atoms with Crippen molar-refractivity contribution in [1.82, 2.24) is 20.4 Å². The summed E-state index contributed by atoms with van der Waals surface area (Å²) in [6.07, 6.45) is 2.06. The van der Waals surface area contributed by atoms with Crippen molar-refractivity contribution in [2.45, 2.75) is 51.6 Å². The second-order valence-corrected chi connectivity index (χ2v) is 10.8. The first kappa shape index (κ1) is 30.0. The molecule has 0 spiro atoms. The minimum atomic E-state index is -0.781. The summed E-state index contributed by atoms with van der Waals surface area (Å²) in [6, 6.07) is 8.29. The number of hydrogen-bond donors (Lipinski definition) is 2. The Morgan fingerprint density at radius 1 is 1.07 bits per heavy atom. The minimum Gasteiger partial charge on any atom is -0.484 e. The smallest absolute Gasteiger partial charge is 0.261 e. The summed E-state index contributed by atoms with van der Waals surface area (Å²) in [5.41, 5.74) is 0.664. The minimum absolute atomic E-state index is 0.0263. The van der Waals surface area contributed by atoms with Crippen LogP contribution >= 0.6 is 0 Å². The number of nitrogens with zero attached hydrogens (tertiary/aromatic N) is 2. The molecular formula is C30H36F2N4O5. The monoisotopic (exact) mass is 570 g/mol. The molecule has 2 aliphatic heterocycles. The van der Waals surface area contributed by atoms with Gasteiger partial charge in [-0.3, -0.25) is 19.2 Å². The summed E-state index contributed by atoms with van der Waals surface area (Å²) >= 11 is 0. The zero-order valence-electron chi connectivity index (χ0n) is 23.3. The van der Waals surface area contributed by atoms with Crippen LogP contribution in [0.25, 0.3) is 0 Å². The van der Waals surface area contributed by atoms with Crippen LogP contribution in [0.2, 0.25) is 0 Å². The van der Waals surface area contributed by atoms with Crippen LogP contribution in [0.4, 0.5) is 8.78 Å². The highest BCUT2D eigenvalue weighted by atomic mass is 19.1. The van der Waals surface area contributed by atoms with Crippen LogP contribution in [0.3, 0.4) is 0 Å². The van der Waals surface area contributed by atoms with Crippen LogP contribution in [0, 0.1) is 17.6 Å². The van der Waals surface area contributed by atoms with E-state index in [-0.39, 0.29) is 37.1 Å². The Morgan fingerprint density at radius 3 is 2.56 bits per heavy atom. The average molecular weight is 571 g/mol. The summed E-state index contributed by atoms with van der Waals surface area (Å²) < 4.78 is 33.5. The van der Waals surface area contributed by atoms with Crippen molar-refractivity contribution in [1.29, 1.82) is 0 Å². The fourth-order valence-electron chi connectivity index (χ4n) is 5.04. The SMILES string of the molecule is CC(C)[C@@H]1CN(C(=O)COc2ccc(F)cc2)CC(=O)NCCCc2ccc(F)c(c2)C(=O)N2CCC[C@H]2C(=O)N1. The van der Waals surface area contributed by atoms with E-state index >= 15 is 0 Å². The van der Waals surface area contributed by atoms with E-state index in [2.05, 4.69) is 10.6 Å². The molecule has 2 heterocycles. The van der Waals surface area contributed by atoms with E-state index in [4.69, 9.17) is 4.74 Å². The number of fused-ring (bicyclic) bond motifs is 3. The Kier molecular flexibility index (Phi) is 9.91. The first-order valence-corrected chi connectivity index (χ1v) is 13.9. The van der Waals surface area contributed by atoms with Crippen molar-refractivity contribution in [3.05, 3.63) is 65.2 Å². The molecule has 1 fully saturated rings. The number of ether oxygens (including phenoxy) is 1. The van der Waals surface area contributed by atoms with Gasteiger partial charge in [-0.05, 0) is 73.6 Å². The molecule has 9 nitrogen and oxygen atoms in total. The maximum absolute atomic E-state index is 14.7. The number of hydrogen-bond acceptors (Lipinski definition) is 5. The maximum Gasteiger partial charge on any atom is 0.261 e. The number of rotatable bonds is 4. The molecule has 2 N–H and O–H groups in total. The summed E-state index contributed by atoms with van der Waals surface area (Å²) in [5.74, 6) is -2.69. The Labute approximate surface area is 238 Å². The van der Waals surface area contributed by atoms with E-state index in [1.807, 2.05) is 13.8 Å². The molecule has 2 bridgehead atoms. The van der Waals surface area contributed by atoms with Gasteiger partial charge in [0.05, 0.1) is 12.1 Å². The lowest BCUT2D eigenvalue weighted by atomic mass is 10.0. The lowest BCUT2D eigenvalue weighted by Crippen LogP contribution is -2.55. The quantitative estimate of drug-likeness (QED) is 0.588. The zero-order chi connectivity index (χ0) is 29.5. The number of carbonyl (C=O) groups excluding carboxylic acids is 4. The Bertz CT molecular complexity index is 1270. The van der Waals surface area contributed by atoms with Crippen LogP contribution in [0.15, 0.2) is 42.5 Å². The van der Waals surface area contributed by atoms with Crippen molar-refractivity contribution >= 4 is 23.6 Å². The van der Waals surface area contributed by atoms with E-state index in [1.165, 1.54) is 46.2 Å². The summed E-state index contributed by atoms with van der Waals surface area (Å²) in [5, 5.41) is 5.77. The van der Waals surface area contributed by atoms with Gasteiger partial charge in [0.1, 0.15) is 23.4 Å². The Hall–Kier alpha value is -4.02. The molecule has 220 valence electrons. The average Bonchev–Trinajstić information content (AvgIpc) is 3.44. The zero-order valence-corrected chi connectivity index (χ0v) is 23.3. The molecule has 0 radical (unpaired) electrons. The van der Waals surface area contributed by atoms with Gasteiger partial charge in [-0.15, -0.1) is 0 Å². The van der Waals surface area contributed by atoms with Crippen LogP contribution in [-0.2, 0) is 20.8 Å². The van der Waals surface area contributed by atoms with Crippen molar-refractivity contribution in [3.63, 3.8) is 0 Å². The second-order valence-electron chi connectivity index (χ2n) is 10.8. The van der Waals surface area contributed by atoms with Crippen molar-refractivity contribution in [2.24, 2.45) is 5.92 Å². The molecule has 1 saturated heterocycles. The van der Waals surface area contributed by atoms with Gasteiger partial charge in [0.2, 0.25) is 11.8 Å². The third-order valence-corrected chi connectivity index (χ3v) is 7.45. The molecule has 0 aromatic heterocycles. The van der Waals surface area contributed by atoms with Gasteiger partial charge in [-0.1, -0.05) is 19.9 Å². The van der Waals surface area contributed by atoms with Gasteiger partial charge >= 0.3 is 0 Å². The summed E-state index contributed by atoms with van der Waals surface area (Å²) in [6.45, 7) is 3.79. The van der Waals surface area contributed by atoms with E-state index in [1.54, 1.807) is 6.07 Å². The van der Waals surface area contributed by atoms with Crippen LogP contribution in [0.5, 0.6) is 5.75 Å². The van der Waals surface area contributed by atoms with E-state index in [9.17, 15) is 28.0 Å². The van der Waals surface area contributed by atoms with Crippen LogP contribution in [0.1, 0.15) is 49.0 Å². The highest BCUT2D eigenvalue weighted by Gasteiger charge is 2.37. The number of nitrogens with one attached hydrogen (secondary N) is 2. The molecule has 2 aromatic carbocycles. The molecule has 41 heavy (non-hydrogen) atoms. The van der Waals surface area contributed by atoms with E-state index in [0.29, 0.717) is 44.5 Å². The topological polar surface area (TPSA) is 108 Å². The van der Waals surface area contributed by atoms with E-state index in [0.717, 1.165) is 5.56 Å². The fourth-order valence-corrected chi connectivity index (χ4v) is 5.04. The predicted molar refractivity (Wildman–Crippen MR) is 147 cm³/mol.